The van der Waals surface area contributed by atoms with E-state index in [0.29, 0.717) is 6.42 Å². The molecule has 1 fully saturated rings. The van der Waals surface area contributed by atoms with Crippen molar-refractivity contribution in [3.63, 3.8) is 0 Å². The van der Waals surface area contributed by atoms with Crippen LogP contribution in [0.1, 0.15) is 34.1 Å². The van der Waals surface area contributed by atoms with Crippen LogP contribution in [0.15, 0.2) is 0 Å². The Kier molecular flexibility index (Phi) is 2.69. The molecule has 1 heterocycles. The van der Waals surface area contributed by atoms with Crippen molar-refractivity contribution in [3.8, 4) is 0 Å². The van der Waals surface area contributed by atoms with Gasteiger partial charge < -0.3 is 19.7 Å². The lowest BCUT2D eigenvalue weighted by molar-refractivity contribution is -0.412. The zero-order valence-electron chi connectivity index (χ0n) is 8.57. The van der Waals surface area contributed by atoms with Gasteiger partial charge in [-0.15, -0.1) is 0 Å². The summed E-state index contributed by atoms with van der Waals surface area (Å²) in [5.41, 5.74) is 0. The molecular weight excluding hydrogens is 172 g/mol. The standard InChI is InChI=1S/C9H18O4/c1-5-9(11)7(3)12-8(4,10)6(2)13-9/h6-7,10-11H,5H2,1-4H3. The third-order valence-electron chi connectivity index (χ3n) is 2.69. The van der Waals surface area contributed by atoms with Gasteiger partial charge in [0.25, 0.3) is 0 Å². The van der Waals surface area contributed by atoms with E-state index >= 15 is 0 Å². The quantitative estimate of drug-likeness (QED) is 0.636. The van der Waals surface area contributed by atoms with E-state index in [2.05, 4.69) is 0 Å². The first-order chi connectivity index (χ1) is 5.82. The average Bonchev–Trinajstić information content (AvgIpc) is 2.01. The van der Waals surface area contributed by atoms with Crippen molar-refractivity contribution in [1.82, 2.24) is 0 Å². The molecule has 0 aliphatic carbocycles. The van der Waals surface area contributed by atoms with E-state index in [1.54, 1.807) is 13.8 Å². The molecule has 1 rings (SSSR count). The summed E-state index contributed by atoms with van der Waals surface area (Å²) in [5, 5.41) is 19.6. The molecule has 0 radical (unpaired) electrons. The fraction of sp³-hybridized carbons (Fsp3) is 1.00. The Hall–Kier alpha value is -0.160. The van der Waals surface area contributed by atoms with Gasteiger partial charge in [0.2, 0.25) is 0 Å². The van der Waals surface area contributed by atoms with Crippen LogP contribution in [0.25, 0.3) is 0 Å². The molecular formula is C9H18O4. The Balaban J connectivity index is 2.79. The highest BCUT2D eigenvalue weighted by Gasteiger charge is 2.49. The lowest BCUT2D eigenvalue weighted by atomic mass is 10.0. The molecule has 1 aliphatic heterocycles. The molecule has 13 heavy (non-hydrogen) atoms. The van der Waals surface area contributed by atoms with Crippen LogP contribution in [-0.2, 0) is 9.47 Å². The van der Waals surface area contributed by atoms with E-state index in [0.717, 1.165) is 0 Å². The van der Waals surface area contributed by atoms with Gasteiger partial charge in [0.15, 0.2) is 11.6 Å². The third-order valence-corrected chi connectivity index (χ3v) is 2.69. The van der Waals surface area contributed by atoms with E-state index < -0.39 is 23.8 Å². The molecule has 0 aromatic heterocycles. The monoisotopic (exact) mass is 190 g/mol. The molecule has 0 aromatic carbocycles. The zero-order chi connectivity index (χ0) is 10.3. The van der Waals surface area contributed by atoms with Crippen LogP contribution < -0.4 is 0 Å². The second kappa shape index (κ2) is 3.20. The van der Waals surface area contributed by atoms with Gasteiger partial charge in [-0.1, -0.05) is 6.92 Å². The molecule has 4 atom stereocenters. The Bertz CT molecular complexity index is 192. The summed E-state index contributed by atoms with van der Waals surface area (Å²) < 4.78 is 10.6. The SMILES string of the molecule is CCC1(O)OC(C)C(C)(O)OC1C. The highest BCUT2D eigenvalue weighted by Crippen LogP contribution is 2.34. The van der Waals surface area contributed by atoms with Crippen molar-refractivity contribution >= 4 is 0 Å². The first kappa shape index (κ1) is 10.9. The van der Waals surface area contributed by atoms with E-state index in [-0.39, 0.29) is 0 Å². The molecule has 1 saturated heterocycles. The summed E-state index contributed by atoms with van der Waals surface area (Å²) in [6.07, 6.45) is -0.619. The Labute approximate surface area is 78.5 Å². The zero-order valence-corrected chi connectivity index (χ0v) is 8.57. The summed E-state index contributed by atoms with van der Waals surface area (Å²) in [7, 11) is 0. The Morgan fingerprint density at radius 2 is 1.69 bits per heavy atom. The fourth-order valence-electron chi connectivity index (χ4n) is 1.43. The lowest BCUT2D eigenvalue weighted by Crippen LogP contribution is -2.60. The third kappa shape index (κ3) is 1.86. The summed E-state index contributed by atoms with van der Waals surface area (Å²) >= 11 is 0. The Morgan fingerprint density at radius 1 is 1.15 bits per heavy atom. The summed E-state index contributed by atoms with van der Waals surface area (Å²) in [6, 6.07) is 0. The molecule has 4 heteroatoms. The number of rotatable bonds is 1. The molecule has 4 nitrogen and oxygen atoms in total. The van der Waals surface area contributed by atoms with Crippen molar-refractivity contribution in [2.75, 3.05) is 0 Å². The predicted molar refractivity (Wildman–Crippen MR) is 47.0 cm³/mol. The predicted octanol–water partition coefficient (Wildman–Crippen LogP) is 0.617. The summed E-state index contributed by atoms with van der Waals surface area (Å²) in [4.78, 5) is 0. The summed E-state index contributed by atoms with van der Waals surface area (Å²) in [5.74, 6) is -2.59. The minimum Gasteiger partial charge on any atom is -0.364 e. The van der Waals surface area contributed by atoms with Crippen LogP contribution in [0.3, 0.4) is 0 Å². The molecule has 2 N–H and O–H groups in total. The number of hydrogen-bond donors (Lipinski definition) is 2. The van der Waals surface area contributed by atoms with Crippen molar-refractivity contribution in [2.24, 2.45) is 0 Å². The van der Waals surface area contributed by atoms with Crippen LogP contribution in [0.5, 0.6) is 0 Å². The van der Waals surface area contributed by atoms with Gasteiger partial charge >= 0.3 is 0 Å². The van der Waals surface area contributed by atoms with Crippen molar-refractivity contribution in [1.29, 1.82) is 0 Å². The van der Waals surface area contributed by atoms with Crippen molar-refractivity contribution in [3.05, 3.63) is 0 Å². The van der Waals surface area contributed by atoms with E-state index in [1.807, 2.05) is 6.92 Å². The second-order valence-corrected chi connectivity index (χ2v) is 3.77. The van der Waals surface area contributed by atoms with E-state index in [1.165, 1.54) is 6.92 Å². The number of hydrogen-bond acceptors (Lipinski definition) is 4. The second-order valence-electron chi connectivity index (χ2n) is 3.77. The molecule has 78 valence electrons. The minimum atomic E-state index is -1.32. The van der Waals surface area contributed by atoms with Crippen molar-refractivity contribution in [2.45, 2.75) is 57.9 Å². The van der Waals surface area contributed by atoms with Crippen LogP contribution in [0.2, 0.25) is 0 Å². The van der Waals surface area contributed by atoms with E-state index in [4.69, 9.17) is 9.47 Å². The molecule has 0 aromatic rings. The molecule has 4 unspecified atom stereocenters. The van der Waals surface area contributed by atoms with Gasteiger partial charge in [0, 0.05) is 6.42 Å². The number of aliphatic hydroxyl groups is 2. The maximum absolute atomic E-state index is 9.89. The van der Waals surface area contributed by atoms with Crippen LogP contribution in [0.4, 0.5) is 0 Å². The largest absolute Gasteiger partial charge is 0.364 e. The maximum Gasteiger partial charge on any atom is 0.192 e. The van der Waals surface area contributed by atoms with Gasteiger partial charge in [-0.25, -0.2) is 0 Å². The van der Waals surface area contributed by atoms with Gasteiger partial charge in [-0.2, -0.15) is 0 Å². The smallest absolute Gasteiger partial charge is 0.192 e. The lowest BCUT2D eigenvalue weighted by Gasteiger charge is -2.47. The number of ether oxygens (including phenoxy) is 2. The minimum absolute atomic E-state index is 0.439. The van der Waals surface area contributed by atoms with Gasteiger partial charge in [-0.05, 0) is 20.8 Å². The highest BCUT2D eigenvalue weighted by molar-refractivity contribution is 4.85. The summed E-state index contributed by atoms with van der Waals surface area (Å²) in [6.45, 7) is 6.70. The average molecular weight is 190 g/mol. The maximum atomic E-state index is 9.89. The fourth-order valence-corrected chi connectivity index (χ4v) is 1.43. The van der Waals surface area contributed by atoms with Gasteiger partial charge in [0.1, 0.15) is 12.2 Å². The van der Waals surface area contributed by atoms with Gasteiger partial charge in [-0.3, -0.25) is 0 Å². The van der Waals surface area contributed by atoms with E-state index in [9.17, 15) is 10.2 Å². The first-order valence-electron chi connectivity index (χ1n) is 4.62. The van der Waals surface area contributed by atoms with Crippen LogP contribution >= 0.6 is 0 Å². The molecule has 0 spiro atoms. The topological polar surface area (TPSA) is 58.9 Å². The molecule has 0 amide bonds. The Morgan fingerprint density at radius 3 is 2.15 bits per heavy atom. The highest BCUT2D eigenvalue weighted by atomic mass is 16.7. The molecule has 0 bridgehead atoms. The van der Waals surface area contributed by atoms with Crippen LogP contribution in [-0.4, -0.2) is 34.0 Å². The van der Waals surface area contributed by atoms with Crippen LogP contribution in [0, 0.1) is 0 Å². The molecule has 0 saturated carbocycles. The first-order valence-corrected chi connectivity index (χ1v) is 4.62. The normalized spacial score (nSPS) is 52.2. The van der Waals surface area contributed by atoms with Crippen molar-refractivity contribution < 1.29 is 19.7 Å². The molecule has 1 aliphatic rings. The van der Waals surface area contributed by atoms with Gasteiger partial charge in [0.05, 0.1) is 0 Å².